The van der Waals surface area contributed by atoms with Crippen LogP contribution in [0.3, 0.4) is 0 Å². The van der Waals surface area contributed by atoms with E-state index in [4.69, 9.17) is 0 Å². The van der Waals surface area contributed by atoms with Crippen LogP contribution in [-0.2, 0) is 11.3 Å². The molecule has 0 amide bonds. The molecule has 94 valence electrons. The van der Waals surface area contributed by atoms with Crippen LogP contribution in [0.15, 0.2) is 5.51 Å². The predicted molar refractivity (Wildman–Crippen MR) is 67.2 cm³/mol. The minimum atomic E-state index is -0.714. The number of rotatable bonds is 3. The number of aryl methyl sites for hydroxylation is 1. The first-order valence-electron chi connectivity index (χ1n) is 5.91. The number of carboxylic acids is 1. The summed E-state index contributed by atoms with van der Waals surface area (Å²) in [4.78, 5) is 18.9. The number of aromatic nitrogens is 1. The van der Waals surface area contributed by atoms with Crippen LogP contribution < -0.4 is 0 Å². The number of hydrogen-bond donors (Lipinski definition) is 1. The lowest BCUT2D eigenvalue weighted by Crippen LogP contribution is -2.54. The monoisotopic (exact) mass is 254 g/mol. The third kappa shape index (κ3) is 2.35. The van der Waals surface area contributed by atoms with Crippen molar-refractivity contribution in [3.05, 3.63) is 16.1 Å². The summed E-state index contributed by atoms with van der Waals surface area (Å²) in [5.74, 6) is -0.709. The van der Waals surface area contributed by atoms with Crippen LogP contribution in [0.4, 0.5) is 0 Å². The van der Waals surface area contributed by atoms with Gasteiger partial charge in [-0.1, -0.05) is 0 Å². The van der Waals surface area contributed by atoms with Gasteiger partial charge in [0.2, 0.25) is 0 Å². The number of piperidine rings is 1. The maximum Gasteiger partial charge on any atom is 0.323 e. The van der Waals surface area contributed by atoms with Crippen LogP contribution in [0.2, 0.25) is 0 Å². The second kappa shape index (κ2) is 4.74. The van der Waals surface area contributed by atoms with E-state index in [-0.39, 0.29) is 0 Å². The summed E-state index contributed by atoms with van der Waals surface area (Å²) >= 11 is 1.61. The van der Waals surface area contributed by atoms with Crippen molar-refractivity contribution in [1.29, 1.82) is 0 Å². The van der Waals surface area contributed by atoms with Crippen molar-refractivity contribution < 1.29 is 9.90 Å². The van der Waals surface area contributed by atoms with E-state index in [9.17, 15) is 9.90 Å². The Morgan fingerprint density at radius 3 is 3.00 bits per heavy atom. The summed E-state index contributed by atoms with van der Waals surface area (Å²) < 4.78 is 0. The largest absolute Gasteiger partial charge is 0.480 e. The van der Waals surface area contributed by atoms with Crippen LogP contribution in [0.25, 0.3) is 0 Å². The zero-order chi connectivity index (χ0) is 12.5. The molecule has 1 atom stereocenters. The average Bonchev–Trinajstić information content (AvgIpc) is 2.68. The number of carboxylic acid groups (broad SMARTS) is 1. The fraction of sp³-hybridized carbons (Fsp3) is 0.667. The van der Waals surface area contributed by atoms with Gasteiger partial charge in [-0.2, -0.15) is 0 Å². The normalized spacial score (nSPS) is 26.0. The highest BCUT2D eigenvalue weighted by Crippen LogP contribution is 2.30. The van der Waals surface area contributed by atoms with E-state index in [1.165, 1.54) is 4.88 Å². The SMILES string of the molecule is Cc1ncsc1CN1CCCCC1(C)C(=O)O. The minimum Gasteiger partial charge on any atom is -0.480 e. The first-order valence-corrected chi connectivity index (χ1v) is 6.79. The molecule has 4 nitrogen and oxygen atoms in total. The maximum absolute atomic E-state index is 11.4. The maximum atomic E-state index is 11.4. The highest BCUT2D eigenvalue weighted by atomic mass is 32.1. The van der Waals surface area contributed by atoms with Crippen molar-refractivity contribution >= 4 is 17.3 Å². The first-order chi connectivity index (χ1) is 8.04. The van der Waals surface area contributed by atoms with E-state index in [0.29, 0.717) is 6.54 Å². The van der Waals surface area contributed by atoms with Crippen molar-refractivity contribution in [1.82, 2.24) is 9.88 Å². The molecule has 1 N–H and O–H groups in total. The van der Waals surface area contributed by atoms with E-state index < -0.39 is 11.5 Å². The van der Waals surface area contributed by atoms with E-state index in [0.717, 1.165) is 31.5 Å². The van der Waals surface area contributed by atoms with Crippen LogP contribution >= 0.6 is 11.3 Å². The third-order valence-electron chi connectivity index (χ3n) is 3.68. The number of hydrogen-bond acceptors (Lipinski definition) is 4. The lowest BCUT2D eigenvalue weighted by Gasteiger charge is -2.41. The summed E-state index contributed by atoms with van der Waals surface area (Å²) in [7, 11) is 0. The Bertz CT molecular complexity index is 418. The summed E-state index contributed by atoms with van der Waals surface area (Å²) in [5, 5.41) is 9.41. The summed E-state index contributed by atoms with van der Waals surface area (Å²) in [6.07, 6.45) is 2.82. The van der Waals surface area contributed by atoms with Crippen LogP contribution in [-0.4, -0.2) is 33.0 Å². The first kappa shape index (κ1) is 12.5. The zero-order valence-corrected chi connectivity index (χ0v) is 11.1. The molecule has 0 aliphatic carbocycles. The summed E-state index contributed by atoms with van der Waals surface area (Å²) in [6.45, 7) is 5.39. The van der Waals surface area contributed by atoms with Gasteiger partial charge in [0.05, 0.1) is 11.2 Å². The van der Waals surface area contributed by atoms with E-state index in [1.807, 2.05) is 19.4 Å². The van der Waals surface area contributed by atoms with Gasteiger partial charge in [0.15, 0.2) is 0 Å². The van der Waals surface area contributed by atoms with Crippen molar-refractivity contribution in [2.24, 2.45) is 0 Å². The van der Waals surface area contributed by atoms with Gasteiger partial charge in [0.25, 0.3) is 0 Å². The van der Waals surface area contributed by atoms with Gasteiger partial charge in [-0.3, -0.25) is 9.69 Å². The smallest absolute Gasteiger partial charge is 0.323 e. The molecule has 0 radical (unpaired) electrons. The molecule has 0 saturated carbocycles. The minimum absolute atomic E-state index is 0.708. The molecule has 0 spiro atoms. The Balaban J connectivity index is 2.18. The van der Waals surface area contributed by atoms with Gasteiger partial charge in [-0.15, -0.1) is 11.3 Å². The second-order valence-corrected chi connectivity index (χ2v) is 5.76. The van der Waals surface area contributed by atoms with Crippen LogP contribution in [0, 0.1) is 6.92 Å². The molecule has 1 aliphatic heterocycles. The summed E-state index contributed by atoms with van der Waals surface area (Å²) in [6, 6.07) is 0. The van der Waals surface area contributed by atoms with Crippen LogP contribution in [0.5, 0.6) is 0 Å². The van der Waals surface area contributed by atoms with Gasteiger partial charge in [0, 0.05) is 11.4 Å². The lowest BCUT2D eigenvalue weighted by atomic mass is 9.88. The summed E-state index contributed by atoms with van der Waals surface area (Å²) in [5.41, 5.74) is 2.13. The Morgan fingerprint density at radius 1 is 1.65 bits per heavy atom. The fourth-order valence-electron chi connectivity index (χ4n) is 2.32. The molecule has 5 heteroatoms. The van der Waals surface area contributed by atoms with Gasteiger partial charge < -0.3 is 5.11 Å². The molecule has 0 aromatic carbocycles. The Labute approximate surface area is 105 Å². The van der Waals surface area contributed by atoms with Gasteiger partial charge in [-0.05, 0) is 39.7 Å². The van der Waals surface area contributed by atoms with E-state index >= 15 is 0 Å². The standard InChI is InChI=1S/C12H18N2O2S/c1-9-10(17-8-13-9)7-14-6-4-3-5-12(14,2)11(15)16/h8H,3-7H2,1-2H3,(H,15,16). The Hall–Kier alpha value is -0.940. The second-order valence-electron chi connectivity index (χ2n) is 4.82. The Kier molecular flexibility index (Phi) is 3.49. The topological polar surface area (TPSA) is 53.4 Å². The number of nitrogens with zero attached hydrogens (tertiary/aromatic N) is 2. The number of thiazole rings is 1. The molecule has 17 heavy (non-hydrogen) atoms. The number of aliphatic carboxylic acids is 1. The van der Waals surface area contributed by atoms with Gasteiger partial charge in [0.1, 0.15) is 5.54 Å². The van der Waals surface area contributed by atoms with Crippen molar-refractivity contribution in [2.75, 3.05) is 6.54 Å². The number of likely N-dealkylation sites (tertiary alicyclic amines) is 1. The molecule has 2 heterocycles. The fourth-order valence-corrected chi connectivity index (χ4v) is 3.12. The highest BCUT2D eigenvalue weighted by molar-refractivity contribution is 7.09. The predicted octanol–water partition coefficient (Wildman–Crippen LogP) is 2.28. The van der Waals surface area contributed by atoms with Crippen molar-refractivity contribution in [3.63, 3.8) is 0 Å². The van der Waals surface area contributed by atoms with E-state index in [2.05, 4.69) is 9.88 Å². The van der Waals surface area contributed by atoms with Gasteiger partial charge >= 0.3 is 5.97 Å². The van der Waals surface area contributed by atoms with Crippen LogP contribution in [0.1, 0.15) is 36.8 Å². The molecular formula is C12H18N2O2S. The Morgan fingerprint density at radius 2 is 2.41 bits per heavy atom. The lowest BCUT2D eigenvalue weighted by molar-refractivity contribution is -0.153. The number of carbonyl (C=O) groups is 1. The van der Waals surface area contributed by atoms with Crippen molar-refractivity contribution in [2.45, 2.75) is 45.2 Å². The molecule has 1 aromatic rings. The molecule has 1 unspecified atom stereocenters. The quantitative estimate of drug-likeness (QED) is 0.899. The average molecular weight is 254 g/mol. The van der Waals surface area contributed by atoms with Crippen molar-refractivity contribution in [3.8, 4) is 0 Å². The highest BCUT2D eigenvalue weighted by Gasteiger charge is 2.41. The molecule has 1 aliphatic rings. The molecule has 1 aromatic heterocycles. The van der Waals surface area contributed by atoms with Gasteiger partial charge in [-0.25, -0.2) is 4.98 Å². The molecular weight excluding hydrogens is 236 g/mol. The molecule has 1 saturated heterocycles. The zero-order valence-electron chi connectivity index (χ0n) is 10.3. The molecule has 1 fully saturated rings. The third-order valence-corrected chi connectivity index (χ3v) is 4.60. The molecule has 0 bridgehead atoms. The molecule has 2 rings (SSSR count). The van der Waals surface area contributed by atoms with E-state index in [1.54, 1.807) is 11.3 Å².